The van der Waals surface area contributed by atoms with Crippen molar-refractivity contribution in [1.82, 2.24) is 5.16 Å². The van der Waals surface area contributed by atoms with Crippen molar-refractivity contribution in [3.8, 4) is 17.1 Å². The van der Waals surface area contributed by atoms with Crippen LogP contribution in [0.2, 0.25) is 0 Å². The second-order valence-electron chi connectivity index (χ2n) is 3.36. The molecule has 2 N–H and O–H groups in total. The van der Waals surface area contributed by atoms with Gasteiger partial charge in [-0.1, -0.05) is 5.16 Å². The molecular formula is C11H8FNO4S. The van der Waals surface area contributed by atoms with Gasteiger partial charge in [0, 0.05) is 6.07 Å². The smallest absolute Gasteiger partial charge is 0.358 e. The number of nitrogens with zero attached hydrogens (tertiary/aromatic N) is 1. The average Bonchev–Trinajstić information content (AvgIpc) is 2.79. The van der Waals surface area contributed by atoms with E-state index in [4.69, 9.17) is 9.63 Å². The van der Waals surface area contributed by atoms with E-state index in [1.54, 1.807) is 6.26 Å². The summed E-state index contributed by atoms with van der Waals surface area (Å²) in [5.41, 5.74) is -0.250. The first-order valence-electron chi connectivity index (χ1n) is 4.80. The summed E-state index contributed by atoms with van der Waals surface area (Å²) >= 11 is 1.04. The van der Waals surface area contributed by atoms with Crippen molar-refractivity contribution in [2.75, 3.05) is 6.26 Å². The highest BCUT2D eigenvalue weighted by molar-refractivity contribution is 7.98. The van der Waals surface area contributed by atoms with E-state index in [9.17, 15) is 14.3 Å². The fourth-order valence-corrected chi connectivity index (χ4v) is 2.00. The van der Waals surface area contributed by atoms with Crippen molar-refractivity contribution < 1.29 is 23.9 Å². The number of phenolic OH excluding ortho intramolecular Hbond substituents is 1. The van der Waals surface area contributed by atoms with E-state index in [0.29, 0.717) is 0 Å². The van der Waals surface area contributed by atoms with Gasteiger partial charge >= 0.3 is 5.97 Å². The van der Waals surface area contributed by atoms with Gasteiger partial charge in [-0.2, -0.15) is 0 Å². The molecule has 0 aliphatic rings. The number of carboxylic acids is 1. The predicted octanol–water partition coefficient (Wildman–Crippen LogP) is 2.61. The number of aromatic nitrogens is 1. The summed E-state index contributed by atoms with van der Waals surface area (Å²) in [4.78, 5) is 10.7. The van der Waals surface area contributed by atoms with E-state index in [1.807, 2.05) is 0 Å². The Balaban J connectivity index is 2.53. The summed E-state index contributed by atoms with van der Waals surface area (Å²) in [5.74, 6) is -2.10. The maximum absolute atomic E-state index is 14.0. The molecule has 0 bridgehead atoms. The third-order valence-electron chi connectivity index (χ3n) is 2.28. The van der Waals surface area contributed by atoms with Crippen molar-refractivity contribution in [2.45, 2.75) is 4.90 Å². The lowest BCUT2D eigenvalue weighted by atomic mass is 10.1. The number of carbonyl (C=O) groups is 1. The van der Waals surface area contributed by atoms with Crippen LogP contribution in [-0.4, -0.2) is 27.6 Å². The maximum atomic E-state index is 14.0. The molecule has 0 saturated heterocycles. The molecule has 0 aliphatic carbocycles. The Morgan fingerprint density at radius 2 is 2.22 bits per heavy atom. The zero-order chi connectivity index (χ0) is 13.3. The quantitative estimate of drug-likeness (QED) is 0.833. The molecule has 0 unspecified atom stereocenters. The van der Waals surface area contributed by atoms with E-state index in [0.717, 1.165) is 17.8 Å². The molecule has 18 heavy (non-hydrogen) atoms. The molecule has 0 fully saturated rings. The Kier molecular flexibility index (Phi) is 3.24. The van der Waals surface area contributed by atoms with E-state index in [2.05, 4.69) is 5.16 Å². The number of benzene rings is 1. The van der Waals surface area contributed by atoms with Gasteiger partial charge in [-0.05, 0) is 18.4 Å². The number of rotatable bonds is 3. The van der Waals surface area contributed by atoms with E-state index < -0.39 is 11.8 Å². The molecule has 0 spiro atoms. The molecule has 0 radical (unpaired) electrons. The van der Waals surface area contributed by atoms with Gasteiger partial charge in [0.1, 0.15) is 5.75 Å². The first-order valence-corrected chi connectivity index (χ1v) is 6.03. The predicted molar refractivity (Wildman–Crippen MR) is 62.3 cm³/mol. The van der Waals surface area contributed by atoms with Gasteiger partial charge < -0.3 is 14.7 Å². The summed E-state index contributed by atoms with van der Waals surface area (Å²) in [7, 11) is 0. The second-order valence-corrected chi connectivity index (χ2v) is 4.18. The van der Waals surface area contributed by atoms with E-state index in [1.165, 1.54) is 12.1 Å². The summed E-state index contributed by atoms with van der Waals surface area (Å²) in [6.45, 7) is 0. The topological polar surface area (TPSA) is 83.6 Å². The van der Waals surface area contributed by atoms with Gasteiger partial charge in [-0.25, -0.2) is 9.18 Å². The highest BCUT2D eigenvalue weighted by Gasteiger charge is 2.18. The van der Waals surface area contributed by atoms with Crippen LogP contribution in [0, 0.1) is 5.82 Å². The van der Waals surface area contributed by atoms with Gasteiger partial charge in [0.05, 0.1) is 10.5 Å². The largest absolute Gasteiger partial charge is 0.507 e. The van der Waals surface area contributed by atoms with Crippen LogP contribution < -0.4 is 0 Å². The van der Waals surface area contributed by atoms with Gasteiger partial charge in [0.15, 0.2) is 17.3 Å². The van der Waals surface area contributed by atoms with E-state index >= 15 is 0 Å². The van der Waals surface area contributed by atoms with Crippen LogP contribution in [0.15, 0.2) is 27.6 Å². The van der Waals surface area contributed by atoms with Crippen LogP contribution >= 0.6 is 11.8 Å². The number of hydrogen-bond donors (Lipinski definition) is 2. The minimum absolute atomic E-state index is 0.000185. The maximum Gasteiger partial charge on any atom is 0.358 e. The highest BCUT2D eigenvalue weighted by Crippen LogP contribution is 2.35. The Bertz CT molecular complexity index is 611. The summed E-state index contributed by atoms with van der Waals surface area (Å²) in [5, 5.41) is 21.5. The minimum Gasteiger partial charge on any atom is -0.507 e. The number of aromatic carboxylic acids is 1. The fraction of sp³-hybridized carbons (Fsp3) is 0.0909. The standard InChI is InChI=1S/C11H8FNO4S/c1-18-10-7(14)3-2-5(9(10)12)8-4-6(11(15)16)13-17-8/h2-4,14H,1H3,(H,15,16). The third kappa shape index (κ3) is 2.04. The normalized spacial score (nSPS) is 10.6. The Morgan fingerprint density at radius 1 is 1.50 bits per heavy atom. The zero-order valence-corrected chi connectivity index (χ0v) is 9.99. The molecule has 94 valence electrons. The Hall–Kier alpha value is -2.02. The minimum atomic E-state index is -1.26. The molecule has 0 saturated carbocycles. The molecule has 1 heterocycles. The first-order chi connectivity index (χ1) is 8.54. The number of carboxylic acid groups (broad SMARTS) is 1. The Labute approximate surface area is 105 Å². The second kappa shape index (κ2) is 4.69. The van der Waals surface area contributed by atoms with E-state index in [-0.39, 0.29) is 27.7 Å². The van der Waals surface area contributed by atoms with Gasteiger partial charge in [0.2, 0.25) is 0 Å². The summed E-state index contributed by atoms with van der Waals surface area (Å²) in [6, 6.07) is 3.74. The van der Waals surface area contributed by atoms with Gasteiger partial charge in [-0.15, -0.1) is 11.8 Å². The van der Waals surface area contributed by atoms with Crippen LogP contribution in [0.1, 0.15) is 10.5 Å². The molecule has 1 aromatic carbocycles. The number of thioether (sulfide) groups is 1. The van der Waals surface area contributed by atoms with Crippen molar-refractivity contribution in [2.24, 2.45) is 0 Å². The average molecular weight is 269 g/mol. The molecule has 7 heteroatoms. The first kappa shape index (κ1) is 12.4. The molecule has 0 aliphatic heterocycles. The van der Waals surface area contributed by atoms with Crippen molar-refractivity contribution >= 4 is 17.7 Å². The molecule has 0 amide bonds. The lowest BCUT2D eigenvalue weighted by Crippen LogP contribution is -1.94. The van der Waals surface area contributed by atoms with Crippen LogP contribution in [-0.2, 0) is 0 Å². The SMILES string of the molecule is CSc1c(O)ccc(-c2cc(C(=O)O)no2)c1F. The van der Waals surface area contributed by atoms with Crippen LogP contribution in [0.25, 0.3) is 11.3 Å². The lowest BCUT2D eigenvalue weighted by Gasteiger charge is -2.05. The monoisotopic (exact) mass is 269 g/mol. The molecular weight excluding hydrogens is 261 g/mol. The van der Waals surface area contributed by atoms with Crippen molar-refractivity contribution in [3.63, 3.8) is 0 Å². The zero-order valence-electron chi connectivity index (χ0n) is 9.18. The van der Waals surface area contributed by atoms with Crippen LogP contribution in [0.5, 0.6) is 5.75 Å². The highest BCUT2D eigenvalue weighted by atomic mass is 32.2. The summed E-state index contributed by atoms with van der Waals surface area (Å²) < 4.78 is 18.8. The molecule has 2 rings (SSSR count). The number of aromatic hydroxyl groups is 1. The van der Waals surface area contributed by atoms with Gasteiger partial charge in [0.25, 0.3) is 0 Å². The third-order valence-corrected chi connectivity index (χ3v) is 3.07. The Morgan fingerprint density at radius 3 is 2.78 bits per heavy atom. The van der Waals surface area contributed by atoms with Crippen LogP contribution in [0.4, 0.5) is 4.39 Å². The molecule has 2 aromatic rings. The summed E-state index contributed by atoms with van der Waals surface area (Å²) in [6.07, 6.45) is 1.62. The number of hydrogen-bond acceptors (Lipinski definition) is 5. The van der Waals surface area contributed by atoms with Crippen LogP contribution in [0.3, 0.4) is 0 Å². The lowest BCUT2D eigenvalue weighted by molar-refractivity contribution is 0.0686. The van der Waals surface area contributed by atoms with Crippen molar-refractivity contribution in [1.29, 1.82) is 0 Å². The molecule has 1 aromatic heterocycles. The fourth-order valence-electron chi connectivity index (χ4n) is 1.43. The molecule has 5 nitrogen and oxygen atoms in total. The number of phenols is 1. The van der Waals surface area contributed by atoms with Gasteiger partial charge in [-0.3, -0.25) is 0 Å². The number of halogens is 1. The van der Waals surface area contributed by atoms with Crippen molar-refractivity contribution in [3.05, 3.63) is 29.7 Å². The molecule has 0 atom stereocenters.